The fourth-order valence-corrected chi connectivity index (χ4v) is 2.30. The molecule has 0 heterocycles. The molecule has 0 aliphatic carbocycles. The first-order chi connectivity index (χ1) is 7.47. The van der Waals surface area contributed by atoms with Crippen molar-refractivity contribution in [1.29, 1.82) is 0 Å². The molecule has 0 fully saturated rings. The van der Waals surface area contributed by atoms with E-state index in [0.717, 1.165) is 9.87 Å². The van der Waals surface area contributed by atoms with Crippen LogP contribution in [0.3, 0.4) is 0 Å². The Morgan fingerprint density at radius 2 is 1.88 bits per heavy atom. The van der Waals surface area contributed by atoms with Crippen LogP contribution < -0.4 is 4.72 Å². The predicted octanol–water partition coefficient (Wildman–Crippen LogP) is 1.36. The van der Waals surface area contributed by atoms with Crippen LogP contribution in [0, 0.1) is 0 Å². The number of hydrogen-bond acceptors (Lipinski definition) is 2. The summed E-state index contributed by atoms with van der Waals surface area (Å²) in [7, 11) is -0.517. The molecule has 1 aromatic carbocycles. The van der Waals surface area contributed by atoms with Crippen LogP contribution in [0.25, 0.3) is 0 Å². The minimum absolute atomic E-state index is 0.192. The Kier molecular flexibility index (Phi) is 4.73. The molecule has 6 heteroatoms. The Hall–Kier alpha value is -0.620. The van der Waals surface area contributed by atoms with E-state index in [1.165, 1.54) is 14.1 Å². The quantitative estimate of drug-likeness (QED) is 0.815. The minimum Gasteiger partial charge on any atom is -0.195 e. The molecule has 1 aromatic rings. The average Bonchev–Trinajstić information content (AvgIpc) is 2.27. The lowest BCUT2D eigenvalue weighted by Crippen LogP contribution is -2.38. The summed E-state index contributed by atoms with van der Waals surface area (Å²) in [6, 6.07) is 8.83. The maximum Gasteiger partial charge on any atom is 0.279 e. The van der Waals surface area contributed by atoms with E-state index in [-0.39, 0.29) is 5.88 Å². The summed E-state index contributed by atoms with van der Waals surface area (Å²) in [6.07, 6.45) is 0. The Morgan fingerprint density at radius 1 is 1.31 bits per heavy atom. The topological polar surface area (TPSA) is 49.4 Å². The molecular weight excluding hydrogens is 248 g/mol. The van der Waals surface area contributed by atoms with Gasteiger partial charge in [0, 0.05) is 20.0 Å². The molecule has 90 valence electrons. The summed E-state index contributed by atoms with van der Waals surface area (Å²) in [5.41, 5.74) is 0.850. The highest BCUT2D eigenvalue weighted by molar-refractivity contribution is 7.87. The molecule has 0 spiro atoms. The zero-order valence-electron chi connectivity index (χ0n) is 9.22. The fourth-order valence-electron chi connectivity index (χ4n) is 1.16. The van der Waals surface area contributed by atoms with Crippen molar-refractivity contribution in [1.82, 2.24) is 9.03 Å². The summed E-state index contributed by atoms with van der Waals surface area (Å²) in [4.78, 5) is 0. The van der Waals surface area contributed by atoms with Gasteiger partial charge in [0.1, 0.15) is 0 Å². The molecule has 0 amide bonds. The summed E-state index contributed by atoms with van der Waals surface area (Å²) in [5, 5.41) is 0. The van der Waals surface area contributed by atoms with E-state index in [9.17, 15) is 8.42 Å². The highest BCUT2D eigenvalue weighted by Gasteiger charge is 2.20. The molecule has 0 aliphatic heterocycles. The van der Waals surface area contributed by atoms with Crippen LogP contribution in [-0.2, 0) is 10.2 Å². The standard InChI is InChI=1S/C10H15ClN2O2S/c1-13(2)16(14,15)12-10(8-11)9-6-4-3-5-7-9/h3-7,10,12H,8H2,1-2H3. The van der Waals surface area contributed by atoms with E-state index in [1.807, 2.05) is 30.3 Å². The van der Waals surface area contributed by atoms with E-state index in [1.54, 1.807) is 0 Å². The van der Waals surface area contributed by atoms with Crippen molar-refractivity contribution in [2.24, 2.45) is 0 Å². The van der Waals surface area contributed by atoms with Crippen LogP contribution in [0.2, 0.25) is 0 Å². The fraction of sp³-hybridized carbons (Fsp3) is 0.400. The molecule has 0 aliphatic rings. The van der Waals surface area contributed by atoms with Gasteiger partial charge in [-0.25, -0.2) is 0 Å². The SMILES string of the molecule is CN(C)S(=O)(=O)NC(CCl)c1ccccc1. The molecule has 0 aromatic heterocycles. The van der Waals surface area contributed by atoms with E-state index in [2.05, 4.69) is 4.72 Å². The Morgan fingerprint density at radius 3 is 2.31 bits per heavy atom. The Labute approximate surface area is 101 Å². The summed E-state index contributed by atoms with van der Waals surface area (Å²) in [5.74, 6) is 0.192. The lowest BCUT2D eigenvalue weighted by Gasteiger charge is -2.19. The van der Waals surface area contributed by atoms with Gasteiger partial charge in [-0.15, -0.1) is 11.6 Å². The Bertz CT molecular complexity index is 420. The van der Waals surface area contributed by atoms with Gasteiger partial charge >= 0.3 is 0 Å². The van der Waals surface area contributed by atoms with Gasteiger partial charge in [0.25, 0.3) is 10.2 Å². The zero-order valence-corrected chi connectivity index (χ0v) is 10.8. The van der Waals surface area contributed by atoms with Crippen molar-refractivity contribution in [3.63, 3.8) is 0 Å². The number of nitrogens with zero attached hydrogens (tertiary/aromatic N) is 1. The van der Waals surface area contributed by atoms with Gasteiger partial charge in [0.05, 0.1) is 6.04 Å². The Balaban J connectivity index is 2.86. The molecule has 0 saturated heterocycles. The van der Waals surface area contributed by atoms with Gasteiger partial charge in [-0.05, 0) is 5.56 Å². The molecule has 4 nitrogen and oxygen atoms in total. The van der Waals surface area contributed by atoms with Crippen molar-refractivity contribution < 1.29 is 8.42 Å². The van der Waals surface area contributed by atoms with Gasteiger partial charge in [-0.3, -0.25) is 0 Å². The number of nitrogens with one attached hydrogen (secondary N) is 1. The monoisotopic (exact) mass is 262 g/mol. The number of hydrogen-bond donors (Lipinski definition) is 1. The maximum absolute atomic E-state index is 11.6. The van der Waals surface area contributed by atoms with Crippen molar-refractivity contribution in [3.05, 3.63) is 35.9 Å². The molecule has 16 heavy (non-hydrogen) atoms. The maximum atomic E-state index is 11.6. The predicted molar refractivity (Wildman–Crippen MR) is 65.6 cm³/mol. The molecule has 1 atom stereocenters. The van der Waals surface area contributed by atoms with Crippen molar-refractivity contribution in [2.45, 2.75) is 6.04 Å². The number of alkyl halides is 1. The first-order valence-corrected chi connectivity index (χ1v) is 6.75. The normalized spacial score (nSPS) is 14.0. The molecule has 0 saturated carbocycles. The van der Waals surface area contributed by atoms with Gasteiger partial charge in [0.15, 0.2) is 0 Å². The first-order valence-electron chi connectivity index (χ1n) is 4.78. The lowest BCUT2D eigenvalue weighted by atomic mass is 10.1. The van der Waals surface area contributed by atoms with E-state index < -0.39 is 16.3 Å². The minimum atomic E-state index is -3.46. The highest BCUT2D eigenvalue weighted by Crippen LogP contribution is 2.15. The van der Waals surface area contributed by atoms with Crippen molar-refractivity contribution >= 4 is 21.8 Å². The van der Waals surface area contributed by atoms with Gasteiger partial charge in [-0.2, -0.15) is 17.4 Å². The lowest BCUT2D eigenvalue weighted by molar-refractivity contribution is 0.495. The third kappa shape index (κ3) is 3.45. The van der Waals surface area contributed by atoms with Gasteiger partial charge in [-0.1, -0.05) is 30.3 Å². The summed E-state index contributed by atoms with van der Waals surface area (Å²) < 4.78 is 26.9. The van der Waals surface area contributed by atoms with Crippen LogP contribution in [0.15, 0.2) is 30.3 Å². The van der Waals surface area contributed by atoms with Crippen LogP contribution in [0.4, 0.5) is 0 Å². The van der Waals surface area contributed by atoms with Crippen molar-refractivity contribution in [3.8, 4) is 0 Å². The average molecular weight is 263 g/mol. The van der Waals surface area contributed by atoms with Crippen LogP contribution in [-0.4, -0.2) is 32.7 Å². The van der Waals surface area contributed by atoms with Crippen LogP contribution in [0.1, 0.15) is 11.6 Å². The van der Waals surface area contributed by atoms with E-state index in [4.69, 9.17) is 11.6 Å². The zero-order chi connectivity index (χ0) is 12.2. The highest BCUT2D eigenvalue weighted by atomic mass is 35.5. The molecule has 0 bridgehead atoms. The van der Waals surface area contributed by atoms with Crippen LogP contribution >= 0.6 is 11.6 Å². The largest absolute Gasteiger partial charge is 0.279 e. The molecular formula is C10H15ClN2O2S. The number of benzene rings is 1. The molecule has 0 radical (unpaired) electrons. The van der Waals surface area contributed by atoms with Crippen molar-refractivity contribution in [2.75, 3.05) is 20.0 Å². The van der Waals surface area contributed by atoms with Crippen LogP contribution in [0.5, 0.6) is 0 Å². The third-order valence-electron chi connectivity index (χ3n) is 2.13. The molecule has 1 unspecified atom stereocenters. The second kappa shape index (κ2) is 5.63. The van der Waals surface area contributed by atoms with Gasteiger partial charge in [0.2, 0.25) is 0 Å². The van der Waals surface area contributed by atoms with Gasteiger partial charge < -0.3 is 0 Å². The smallest absolute Gasteiger partial charge is 0.195 e. The number of halogens is 1. The molecule has 1 N–H and O–H groups in total. The molecule has 1 rings (SSSR count). The summed E-state index contributed by atoms with van der Waals surface area (Å²) >= 11 is 5.77. The van der Waals surface area contributed by atoms with E-state index in [0.29, 0.717) is 0 Å². The van der Waals surface area contributed by atoms with E-state index >= 15 is 0 Å². The first kappa shape index (κ1) is 13.4. The number of rotatable bonds is 5. The third-order valence-corrected chi connectivity index (χ3v) is 3.98. The second-order valence-electron chi connectivity index (χ2n) is 3.52. The second-order valence-corrected chi connectivity index (χ2v) is 5.75. The summed E-state index contributed by atoms with van der Waals surface area (Å²) in [6.45, 7) is 0.